The second-order valence-corrected chi connectivity index (χ2v) is 8.83. The molecule has 1 aliphatic heterocycles. The van der Waals surface area contributed by atoms with Gasteiger partial charge in [-0.05, 0) is 35.7 Å². The Balaban J connectivity index is 1.50. The summed E-state index contributed by atoms with van der Waals surface area (Å²) in [4.78, 5) is 17.4. The molecule has 0 bridgehead atoms. The lowest BCUT2D eigenvalue weighted by Gasteiger charge is -2.37. The van der Waals surface area contributed by atoms with Gasteiger partial charge in [0, 0.05) is 50.9 Å². The van der Waals surface area contributed by atoms with Crippen LogP contribution < -0.4 is 5.32 Å². The van der Waals surface area contributed by atoms with Crippen LogP contribution in [0.5, 0.6) is 0 Å². The summed E-state index contributed by atoms with van der Waals surface area (Å²) in [5.41, 5.74) is 1.90. The summed E-state index contributed by atoms with van der Waals surface area (Å²) in [6.45, 7) is 10.1. The van der Waals surface area contributed by atoms with Crippen LogP contribution in [-0.4, -0.2) is 54.5 Å². The highest BCUT2D eigenvalue weighted by Gasteiger charge is 2.23. The Kier molecular flexibility index (Phi) is 7.96. The Hall–Kier alpha value is -1.59. The standard InChI is InChI=1S/C23H29Cl2N3O/c1-17(2)22(26-23(29)19-6-4-3-5-7-19)16-28-12-10-27(11-13-28)15-18-8-9-20(24)21(25)14-18/h3-9,14,17,22H,10-13,15-16H2,1-2H3,(H,26,29). The third-order valence-electron chi connectivity index (χ3n) is 5.47. The number of rotatable bonds is 7. The van der Waals surface area contributed by atoms with E-state index in [0.717, 1.165) is 39.3 Å². The van der Waals surface area contributed by atoms with E-state index in [-0.39, 0.29) is 11.9 Å². The molecular formula is C23H29Cl2N3O. The second-order valence-electron chi connectivity index (χ2n) is 8.02. The van der Waals surface area contributed by atoms with Crippen molar-refractivity contribution < 1.29 is 4.79 Å². The van der Waals surface area contributed by atoms with Gasteiger partial charge in [-0.25, -0.2) is 0 Å². The molecule has 156 valence electrons. The Labute approximate surface area is 183 Å². The van der Waals surface area contributed by atoms with Gasteiger partial charge in [0.25, 0.3) is 5.91 Å². The zero-order valence-electron chi connectivity index (χ0n) is 17.1. The number of hydrogen-bond acceptors (Lipinski definition) is 3. The molecule has 29 heavy (non-hydrogen) atoms. The number of halogens is 2. The first-order valence-corrected chi connectivity index (χ1v) is 10.9. The Morgan fingerprint density at radius 2 is 1.62 bits per heavy atom. The molecule has 1 atom stereocenters. The van der Waals surface area contributed by atoms with Crippen molar-refractivity contribution >= 4 is 29.1 Å². The molecule has 1 unspecified atom stereocenters. The normalized spacial score (nSPS) is 16.7. The predicted molar refractivity (Wildman–Crippen MR) is 121 cm³/mol. The number of hydrogen-bond donors (Lipinski definition) is 1. The van der Waals surface area contributed by atoms with Crippen LogP contribution in [-0.2, 0) is 6.54 Å². The van der Waals surface area contributed by atoms with Gasteiger partial charge in [-0.1, -0.05) is 61.3 Å². The van der Waals surface area contributed by atoms with E-state index in [1.807, 2.05) is 48.5 Å². The molecule has 1 amide bonds. The van der Waals surface area contributed by atoms with Gasteiger partial charge in [0.1, 0.15) is 0 Å². The van der Waals surface area contributed by atoms with Gasteiger partial charge in [0.2, 0.25) is 0 Å². The fourth-order valence-electron chi connectivity index (χ4n) is 3.57. The van der Waals surface area contributed by atoms with Crippen LogP contribution in [0.25, 0.3) is 0 Å². The van der Waals surface area contributed by atoms with Gasteiger partial charge in [-0.3, -0.25) is 14.6 Å². The number of piperazine rings is 1. The molecule has 1 aliphatic rings. The molecule has 6 heteroatoms. The number of amides is 1. The van der Waals surface area contributed by atoms with Crippen molar-refractivity contribution in [3.8, 4) is 0 Å². The lowest BCUT2D eigenvalue weighted by molar-refractivity contribution is 0.0862. The minimum absolute atomic E-state index is 0.00236. The van der Waals surface area contributed by atoms with Crippen molar-refractivity contribution in [1.29, 1.82) is 0 Å². The van der Waals surface area contributed by atoms with Crippen LogP contribution in [0.1, 0.15) is 29.8 Å². The highest BCUT2D eigenvalue weighted by Crippen LogP contribution is 2.23. The predicted octanol–water partition coefficient (Wildman–Crippen LogP) is 4.57. The second kappa shape index (κ2) is 10.4. The number of nitrogens with zero attached hydrogens (tertiary/aromatic N) is 2. The van der Waals surface area contributed by atoms with E-state index in [4.69, 9.17) is 23.2 Å². The van der Waals surface area contributed by atoms with Crippen molar-refractivity contribution in [2.45, 2.75) is 26.4 Å². The van der Waals surface area contributed by atoms with Crippen molar-refractivity contribution in [1.82, 2.24) is 15.1 Å². The quantitative estimate of drug-likeness (QED) is 0.694. The molecule has 2 aromatic carbocycles. The molecule has 2 aromatic rings. The molecule has 4 nitrogen and oxygen atoms in total. The molecular weight excluding hydrogens is 405 g/mol. The van der Waals surface area contributed by atoms with Crippen molar-refractivity contribution in [2.75, 3.05) is 32.7 Å². The molecule has 0 aromatic heterocycles. The highest BCUT2D eigenvalue weighted by atomic mass is 35.5. The summed E-state index contributed by atoms with van der Waals surface area (Å²) < 4.78 is 0. The molecule has 0 spiro atoms. The van der Waals surface area contributed by atoms with E-state index >= 15 is 0 Å². The first-order chi connectivity index (χ1) is 13.9. The van der Waals surface area contributed by atoms with Gasteiger partial charge in [-0.2, -0.15) is 0 Å². The monoisotopic (exact) mass is 433 g/mol. The van der Waals surface area contributed by atoms with E-state index in [1.54, 1.807) is 0 Å². The summed E-state index contributed by atoms with van der Waals surface area (Å²) in [5, 5.41) is 4.42. The first kappa shape index (κ1) is 22.1. The van der Waals surface area contributed by atoms with E-state index < -0.39 is 0 Å². The lowest BCUT2D eigenvalue weighted by atomic mass is 10.0. The van der Waals surface area contributed by atoms with Crippen molar-refractivity contribution in [3.05, 3.63) is 69.7 Å². The van der Waals surface area contributed by atoms with Crippen LogP contribution >= 0.6 is 23.2 Å². The van der Waals surface area contributed by atoms with Crippen LogP contribution in [0.4, 0.5) is 0 Å². The third kappa shape index (κ3) is 6.45. The first-order valence-electron chi connectivity index (χ1n) is 10.2. The maximum absolute atomic E-state index is 12.5. The fraction of sp³-hybridized carbons (Fsp3) is 0.435. The van der Waals surface area contributed by atoms with Crippen LogP contribution in [0, 0.1) is 5.92 Å². The molecule has 0 aliphatic carbocycles. The van der Waals surface area contributed by atoms with Gasteiger partial charge >= 0.3 is 0 Å². The number of benzene rings is 2. The van der Waals surface area contributed by atoms with Gasteiger partial charge in [-0.15, -0.1) is 0 Å². The average molecular weight is 434 g/mol. The van der Waals surface area contributed by atoms with E-state index in [9.17, 15) is 4.79 Å². The summed E-state index contributed by atoms with van der Waals surface area (Å²) >= 11 is 12.1. The smallest absolute Gasteiger partial charge is 0.251 e. The number of carbonyl (C=O) groups is 1. The number of nitrogens with one attached hydrogen (secondary N) is 1. The van der Waals surface area contributed by atoms with Crippen LogP contribution in [0.2, 0.25) is 10.0 Å². The molecule has 0 radical (unpaired) electrons. The Morgan fingerprint density at radius 1 is 0.966 bits per heavy atom. The zero-order chi connectivity index (χ0) is 20.8. The van der Waals surface area contributed by atoms with Crippen LogP contribution in [0.15, 0.2) is 48.5 Å². The number of carbonyl (C=O) groups excluding carboxylic acids is 1. The minimum Gasteiger partial charge on any atom is -0.348 e. The van der Waals surface area contributed by atoms with E-state index in [2.05, 4.69) is 29.0 Å². The topological polar surface area (TPSA) is 35.6 Å². The largest absolute Gasteiger partial charge is 0.348 e. The Bertz CT molecular complexity index is 805. The van der Waals surface area contributed by atoms with E-state index in [1.165, 1.54) is 5.56 Å². The minimum atomic E-state index is 0.00236. The SMILES string of the molecule is CC(C)C(CN1CCN(Cc2ccc(Cl)c(Cl)c2)CC1)NC(=O)c1ccccc1. The molecule has 1 saturated heterocycles. The van der Waals surface area contributed by atoms with Gasteiger partial charge in [0.05, 0.1) is 10.0 Å². The summed E-state index contributed by atoms with van der Waals surface area (Å²) in [7, 11) is 0. The van der Waals surface area contributed by atoms with Crippen molar-refractivity contribution in [2.24, 2.45) is 5.92 Å². The van der Waals surface area contributed by atoms with E-state index in [0.29, 0.717) is 21.5 Å². The fourth-order valence-corrected chi connectivity index (χ4v) is 3.89. The Morgan fingerprint density at radius 3 is 2.24 bits per heavy atom. The highest BCUT2D eigenvalue weighted by molar-refractivity contribution is 6.42. The molecule has 3 rings (SSSR count). The van der Waals surface area contributed by atoms with Crippen molar-refractivity contribution in [3.63, 3.8) is 0 Å². The maximum Gasteiger partial charge on any atom is 0.251 e. The van der Waals surface area contributed by atoms with Gasteiger partial charge in [0.15, 0.2) is 0 Å². The summed E-state index contributed by atoms with van der Waals surface area (Å²) in [6, 6.07) is 15.4. The summed E-state index contributed by atoms with van der Waals surface area (Å²) in [5.74, 6) is 0.374. The molecule has 1 fully saturated rings. The molecule has 0 saturated carbocycles. The maximum atomic E-state index is 12.5. The average Bonchev–Trinajstić information content (AvgIpc) is 2.72. The molecule has 1 heterocycles. The third-order valence-corrected chi connectivity index (χ3v) is 6.21. The summed E-state index contributed by atoms with van der Waals surface area (Å²) in [6.07, 6.45) is 0. The molecule has 1 N–H and O–H groups in total. The van der Waals surface area contributed by atoms with Crippen LogP contribution in [0.3, 0.4) is 0 Å². The lowest BCUT2D eigenvalue weighted by Crippen LogP contribution is -2.52. The van der Waals surface area contributed by atoms with Gasteiger partial charge < -0.3 is 5.32 Å². The zero-order valence-corrected chi connectivity index (χ0v) is 18.6.